The van der Waals surface area contributed by atoms with Crippen molar-refractivity contribution in [1.29, 1.82) is 0 Å². The van der Waals surface area contributed by atoms with Crippen LogP contribution in [0.1, 0.15) is 36.0 Å². The molecule has 0 amide bonds. The lowest BCUT2D eigenvalue weighted by molar-refractivity contribution is 0.112. The van der Waals surface area contributed by atoms with E-state index in [0.717, 1.165) is 25.2 Å². The quantitative estimate of drug-likeness (QED) is 0.693. The molecule has 1 saturated carbocycles. The van der Waals surface area contributed by atoms with Gasteiger partial charge in [-0.1, -0.05) is 19.3 Å². The zero-order chi connectivity index (χ0) is 10.5. The Hall–Kier alpha value is -1.38. The summed E-state index contributed by atoms with van der Waals surface area (Å²) in [7, 11) is 0. The molecule has 3 nitrogen and oxygen atoms in total. The molecule has 0 unspecified atom stereocenters. The van der Waals surface area contributed by atoms with E-state index in [1.165, 1.54) is 25.5 Å². The summed E-state index contributed by atoms with van der Waals surface area (Å²) in [6.07, 6.45) is 9.13. The Kier molecular flexibility index (Phi) is 3.33. The highest BCUT2D eigenvalue weighted by atomic mass is 16.5. The lowest BCUT2D eigenvalue weighted by Crippen LogP contribution is -2.14. The second-order valence-electron chi connectivity index (χ2n) is 4.01. The highest BCUT2D eigenvalue weighted by Gasteiger charge is 2.16. The summed E-state index contributed by atoms with van der Waals surface area (Å²) >= 11 is 0. The molecule has 0 aliphatic heterocycles. The third-order valence-electron chi connectivity index (χ3n) is 2.89. The molecule has 15 heavy (non-hydrogen) atoms. The van der Waals surface area contributed by atoms with E-state index in [1.807, 2.05) is 0 Å². The van der Waals surface area contributed by atoms with Crippen LogP contribution in [0.4, 0.5) is 0 Å². The van der Waals surface area contributed by atoms with Crippen molar-refractivity contribution < 1.29 is 9.53 Å². The van der Waals surface area contributed by atoms with E-state index in [-0.39, 0.29) is 0 Å². The first-order valence-electron chi connectivity index (χ1n) is 5.41. The molecule has 0 N–H and O–H groups in total. The van der Waals surface area contributed by atoms with Crippen molar-refractivity contribution in [1.82, 2.24) is 4.98 Å². The largest absolute Gasteiger partial charge is 0.492 e. The van der Waals surface area contributed by atoms with Crippen LogP contribution in [0.15, 0.2) is 18.5 Å². The molecule has 3 heteroatoms. The first kappa shape index (κ1) is 10.1. The van der Waals surface area contributed by atoms with E-state index in [1.54, 1.807) is 12.3 Å². The summed E-state index contributed by atoms with van der Waals surface area (Å²) in [6, 6.07) is 1.72. The molecule has 0 radical (unpaired) electrons. The van der Waals surface area contributed by atoms with Gasteiger partial charge in [0.25, 0.3) is 0 Å². The molecule has 0 spiro atoms. The number of carbonyl (C=O) groups excluding carboxylic acids is 1. The fourth-order valence-electron chi connectivity index (χ4n) is 1.70. The van der Waals surface area contributed by atoms with Gasteiger partial charge in [-0.15, -0.1) is 0 Å². The maximum absolute atomic E-state index is 10.5. The van der Waals surface area contributed by atoms with E-state index in [0.29, 0.717) is 11.3 Å². The number of ether oxygens (including phenoxy) is 1. The zero-order valence-corrected chi connectivity index (χ0v) is 8.69. The van der Waals surface area contributed by atoms with Crippen molar-refractivity contribution in [3.63, 3.8) is 0 Å². The summed E-state index contributed by atoms with van der Waals surface area (Å²) < 4.78 is 5.53. The highest BCUT2D eigenvalue weighted by molar-refractivity contribution is 5.74. The molecular formula is C12H15NO2. The minimum absolute atomic E-state index is 0.566. The van der Waals surface area contributed by atoms with Crippen LogP contribution in [0, 0.1) is 5.92 Å². The van der Waals surface area contributed by atoms with Crippen molar-refractivity contribution in [2.45, 2.75) is 25.7 Å². The van der Waals surface area contributed by atoms with Crippen LogP contribution < -0.4 is 4.74 Å². The maximum atomic E-state index is 10.5. The van der Waals surface area contributed by atoms with Gasteiger partial charge in [0.05, 0.1) is 12.8 Å². The van der Waals surface area contributed by atoms with Gasteiger partial charge in [-0.3, -0.25) is 9.78 Å². The van der Waals surface area contributed by atoms with Crippen LogP contribution in [0.3, 0.4) is 0 Å². The van der Waals surface area contributed by atoms with Gasteiger partial charge in [-0.25, -0.2) is 0 Å². The number of aldehydes is 1. The van der Waals surface area contributed by atoms with Crippen molar-refractivity contribution >= 4 is 6.29 Å². The lowest BCUT2D eigenvalue weighted by Gasteiger charge is -2.24. The third kappa shape index (κ3) is 2.78. The first-order chi connectivity index (χ1) is 7.38. The van der Waals surface area contributed by atoms with E-state index >= 15 is 0 Å². The van der Waals surface area contributed by atoms with E-state index in [4.69, 9.17) is 4.74 Å². The molecule has 0 atom stereocenters. The summed E-state index contributed by atoms with van der Waals surface area (Å²) in [5, 5.41) is 0. The Morgan fingerprint density at radius 3 is 3.00 bits per heavy atom. The van der Waals surface area contributed by atoms with E-state index in [9.17, 15) is 4.79 Å². The van der Waals surface area contributed by atoms with Crippen LogP contribution in [-0.2, 0) is 0 Å². The summed E-state index contributed by atoms with van der Waals surface area (Å²) in [5.41, 5.74) is 0.566. The predicted molar refractivity (Wildman–Crippen MR) is 57.1 cm³/mol. The van der Waals surface area contributed by atoms with Gasteiger partial charge in [0.15, 0.2) is 6.29 Å². The fraction of sp³-hybridized carbons (Fsp3) is 0.500. The number of pyridine rings is 1. The molecule has 1 heterocycles. The van der Waals surface area contributed by atoms with E-state index < -0.39 is 0 Å². The average Bonchev–Trinajstić information content (AvgIpc) is 2.22. The van der Waals surface area contributed by atoms with Gasteiger partial charge in [0.1, 0.15) is 5.75 Å². The van der Waals surface area contributed by atoms with Crippen molar-refractivity contribution in [3.8, 4) is 5.75 Å². The van der Waals surface area contributed by atoms with Gasteiger partial charge in [-0.05, 0) is 18.4 Å². The number of carbonyl (C=O) groups is 1. The zero-order valence-electron chi connectivity index (χ0n) is 8.69. The van der Waals surface area contributed by atoms with E-state index in [2.05, 4.69) is 4.98 Å². The van der Waals surface area contributed by atoms with Crippen LogP contribution in [0.5, 0.6) is 5.75 Å². The molecule has 0 bridgehead atoms. The minimum atomic E-state index is 0.566. The van der Waals surface area contributed by atoms with Crippen LogP contribution >= 0.6 is 0 Å². The second-order valence-corrected chi connectivity index (χ2v) is 4.01. The molecule has 1 aromatic heterocycles. The van der Waals surface area contributed by atoms with Gasteiger partial charge in [-0.2, -0.15) is 0 Å². The topological polar surface area (TPSA) is 39.2 Å². The Balaban J connectivity index is 1.78. The molecule has 1 aliphatic carbocycles. The standard InChI is InChI=1S/C12H15NO2/c14-9-11-6-12(8-13-7-11)15-5-4-10-2-1-3-10/h6-10H,1-5H2. The number of nitrogens with zero attached hydrogens (tertiary/aromatic N) is 1. The summed E-state index contributed by atoms with van der Waals surface area (Å²) in [6.45, 7) is 0.731. The number of rotatable bonds is 5. The smallest absolute Gasteiger partial charge is 0.151 e. The fourth-order valence-corrected chi connectivity index (χ4v) is 1.70. The van der Waals surface area contributed by atoms with Crippen molar-refractivity contribution in [3.05, 3.63) is 24.0 Å². The predicted octanol–water partition coefficient (Wildman–Crippen LogP) is 2.46. The number of aromatic nitrogens is 1. The average molecular weight is 205 g/mol. The number of hydrogen-bond acceptors (Lipinski definition) is 3. The third-order valence-corrected chi connectivity index (χ3v) is 2.89. The summed E-state index contributed by atoms with van der Waals surface area (Å²) in [5.74, 6) is 1.55. The molecular weight excluding hydrogens is 190 g/mol. The molecule has 1 fully saturated rings. The first-order valence-corrected chi connectivity index (χ1v) is 5.41. The van der Waals surface area contributed by atoms with Gasteiger partial charge in [0, 0.05) is 11.8 Å². The number of hydrogen-bond donors (Lipinski definition) is 0. The molecule has 0 saturated heterocycles. The maximum Gasteiger partial charge on any atom is 0.151 e. The minimum Gasteiger partial charge on any atom is -0.492 e. The van der Waals surface area contributed by atoms with Gasteiger partial charge in [0.2, 0.25) is 0 Å². The van der Waals surface area contributed by atoms with Gasteiger partial charge >= 0.3 is 0 Å². The second kappa shape index (κ2) is 4.91. The Bertz CT molecular complexity index is 334. The van der Waals surface area contributed by atoms with Crippen LogP contribution in [0.2, 0.25) is 0 Å². The monoisotopic (exact) mass is 205 g/mol. The van der Waals surface area contributed by atoms with Crippen molar-refractivity contribution in [2.24, 2.45) is 5.92 Å². The van der Waals surface area contributed by atoms with Gasteiger partial charge < -0.3 is 4.74 Å². The molecule has 80 valence electrons. The van der Waals surface area contributed by atoms with Crippen molar-refractivity contribution in [2.75, 3.05) is 6.61 Å². The van der Waals surface area contributed by atoms with Crippen LogP contribution in [0.25, 0.3) is 0 Å². The molecule has 1 aromatic rings. The van der Waals surface area contributed by atoms with Crippen LogP contribution in [-0.4, -0.2) is 17.9 Å². The Morgan fingerprint density at radius 1 is 1.47 bits per heavy atom. The molecule has 2 rings (SSSR count). The highest BCUT2D eigenvalue weighted by Crippen LogP contribution is 2.29. The normalized spacial score (nSPS) is 15.7. The Labute approximate surface area is 89.5 Å². The molecule has 1 aliphatic rings. The summed E-state index contributed by atoms with van der Waals surface area (Å²) in [4.78, 5) is 14.4. The lowest BCUT2D eigenvalue weighted by atomic mass is 9.83. The molecule has 0 aromatic carbocycles. The SMILES string of the molecule is O=Cc1cncc(OCCC2CCC2)c1. The Morgan fingerprint density at radius 2 is 2.33 bits per heavy atom.